The van der Waals surface area contributed by atoms with E-state index in [4.69, 9.17) is 4.84 Å². The standard InChI is InChI=1S/C26H32N2O4/c1-2-3-14-22(17-28(19-29)32-18-21-12-8-5-9-13-21)25(30)24-23(16-27-26(24)31)15-20-10-6-4-7-11-20/h4-13,19,22-24H,2-3,14-18H2,1H3,(H,27,31). The first kappa shape index (κ1) is 23.7. The van der Waals surface area contributed by atoms with Crippen molar-refractivity contribution >= 4 is 18.1 Å². The molecule has 170 valence electrons. The molecule has 0 aliphatic carbocycles. The van der Waals surface area contributed by atoms with Crippen molar-refractivity contribution < 1.29 is 19.2 Å². The lowest BCUT2D eigenvalue weighted by Gasteiger charge is -2.26. The number of hydrogen-bond acceptors (Lipinski definition) is 4. The molecule has 1 saturated heterocycles. The van der Waals surface area contributed by atoms with E-state index in [9.17, 15) is 14.4 Å². The molecular formula is C26H32N2O4. The summed E-state index contributed by atoms with van der Waals surface area (Å²) in [5, 5.41) is 4.07. The van der Waals surface area contributed by atoms with Crippen LogP contribution in [-0.4, -0.2) is 36.3 Å². The van der Waals surface area contributed by atoms with Crippen LogP contribution in [-0.2, 0) is 32.2 Å². The maximum absolute atomic E-state index is 13.5. The molecular weight excluding hydrogens is 404 g/mol. The number of hydroxylamine groups is 2. The van der Waals surface area contributed by atoms with E-state index in [0.29, 0.717) is 25.8 Å². The molecule has 1 N–H and O–H groups in total. The predicted octanol–water partition coefficient (Wildman–Crippen LogP) is 3.56. The Morgan fingerprint density at radius 1 is 1.12 bits per heavy atom. The highest BCUT2D eigenvalue weighted by Crippen LogP contribution is 2.28. The molecule has 1 aliphatic rings. The molecule has 32 heavy (non-hydrogen) atoms. The summed E-state index contributed by atoms with van der Waals surface area (Å²) < 4.78 is 0. The van der Waals surface area contributed by atoms with Crippen LogP contribution in [0, 0.1) is 17.8 Å². The Labute approximate surface area is 189 Å². The van der Waals surface area contributed by atoms with Crippen LogP contribution in [0.1, 0.15) is 37.3 Å². The molecule has 0 aromatic heterocycles. The lowest BCUT2D eigenvalue weighted by atomic mass is 9.80. The number of rotatable bonds is 13. The molecule has 2 aromatic carbocycles. The van der Waals surface area contributed by atoms with Crippen LogP contribution in [0.3, 0.4) is 0 Å². The number of nitrogens with one attached hydrogen (secondary N) is 1. The van der Waals surface area contributed by atoms with Crippen LogP contribution in [0.4, 0.5) is 0 Å². The first-order valence-electron chi connectivity index (χ1n) is 11.4. The second-order valence-electron chi connectivity index (χ2n) is 8.38. The lowest BCUT2D eigenvalue weighted by Crippen LogP contribution is -2.39. The van der Waals surface area contributed by atoms with Gasteiger partial charge in [-0.3, -0.25) is 19.2 Å². The summed E-state index contributed by atoms with van der Waals surface area (Å²) in [6, 6.07) is 19.5. The average Bonchev–Trinajstić information content (AvgIpc) is 3.19. The van der Waals surface area contributed by atoms with E-state index < -0.39 is 11.8 Å². The van der Waals surface area contributed by atoms with E-state index in [1.807, 2.05) is 60.7 Å². The number of carbonyl (C=O) groups is 3. The third-order valence-corrected chi connectivity index (χ3v) is 6.01. The molecule has 1 aliphatic heterocycles. The number of unbranched alkanes of at least 4 members (excludes halogenated alkanes) is 1. The number of nitrogens with zero attached hydrogens (tertiary/aromatic N) is 1. The van der Waals surface area contributed by atoms with Gasteiger partial charge in [-0.05, 0) is 29.9 Å². The fourth-order valence-electron chi connectivity index (χ4n) is 4.24. The molecule has 0 bridgehead atoms. The maximum Gasteiger partial charge on any atom is 0.233 e. The predicted molar refractivity (Wildman–Crippen MR) is 122 cm³/mol. The minimum Gasteiger partial charge on any atom is -0.355 e. The van der Waals surface area contributed by atoms with Crippen molar-refractivity contribution in [3.8, 4) is 0 Å². The fourth-order valence-corrected chi connectivity index (χ4v) is 4.24. The van der Waals surface area contributed by atoms with Gasteiger partial charge >= 0.3 is 0 Å². The van der Waals surface area contributed by atoms with Crippen molar-refractivity contribution in [2.24, 2.45) is 17.8 Å². The Morgan fingerprint density at radius 2 is 1.78 bits per heavy atom. The molecule has 0 spiro atoms. The van der Waals surface area contributed by atoms with Crippen molar-refractivity contribution in [1.29, 1.82) is 0 Å². The van der Waals surface area contributed by atoms with E-state index >= 15 is 0 Å². The first-order chi connectivity index (χ1) is 15.6. The Bertz CT molecular complexity index is 872. The molecule has 0 radical (unpaired) electrons. The van der Waals surface area contributed by atoms with Gasteiger partial charge in [-0.25, -0.2) is 5.06 Å². The van der Waals surface area contributed by atoms with Crippen molar-refractivity contribution in [2.45, 2.75) is 39.2 Å². The summed E-state index contributed by atoms with van der Waals surface area (Å²) in [5.74, 6) is -1.52. The van der Waals surface area contributed by atoms with Crippen LogP contribution in [0.25, 0.3) is 0 Å². The van der Waals surface area contributed by atoms with Crippen LogP contribution in [0.15, 0.2) is 60.7 Å². The molecule has 1 fully saturated rings. The fraction of sp³-hybridized carbons (Fsp3) is 0.423. The normalized spacial score (nSPS) is 18.7. The third-order valence-electron chi connectivity index (χ3n) is 6.01. The van der Waals surface area contributed by atoms with Crippen molar-refractivity contribution in [2.75, 3.05) is 13.1 Å². The minimum absolute atomic E-state index is 0.0866. The van der Waals surface area contributed by atoms with Crippen molar-refractivity contribution in [3.63, 3.8) is 0 Å². The van der Waals surface area contributed by atoms with Gasteiger partial charge in [-0.15, -0.1) is 0 Å². The zero-order valence-corrected chi connectivity index (χ0v) is 18.6. The number of benzene rings is 2. The zero-order chi connectivity index (χ0) is 22.8. The number of hydrogen-bond donors (Lipinski definition) is 1. The molecule has 6 heteroatoms. The second-order valence-corrected chi connectivity index (χ2v) is 8.38. The maximum atomic E-state index is 13.5. The largest absolute Gasteiger partial charge is 0.355 e. The topological polar surface area (TPSA) is 75.7 Å². The van der Waals surface area contributed by atoms with Gasteiger partial charge in [0.15, 0.2) is 5.78 Å². The summed E-state index contributed by atoms with van der Waals surface area (Å²) in [5.41, 5.74) is 2.05. The van der Waals surface area contributed by atoms with E-state index in [1.165, 1.54) is 5.06 Å². The van der Waals surface area contributed by atoms with Gasteiger partial charge in [0.2, 0.25) is 12.3 Å². The van der Waals surface area contributed by atoms with Gasteiger partial charge in [0.05, 0.1) is 6.54 Å². The number of carbonyl (C=O) groups excluding carboxylic acids is 3. The molecule has 3 unspecified atom stereocenters. The lowest BCUT2D eigenvalue weighted by molar-refractivity contribution is -0.182. The molecule has 3 rings (SSSR count). The Hall–Kier alpha value is -2.99. The third kappa shape index (κ3) is 6.50. The van der Waals surface area contributed by atoms with Gasteiger partial charge in [-0.2, -0.15) is 0 Å². The summed E-state index contributed by atoms with van der Waals surface area (Å²) >= 11 is 0. The summed E-state index contributed by atoms with van der Waals surface area (Å²) in [6.07, 6.45) is 3.68. The van der Waals surface area contributed by atoms with Crippen LogP contribution in [0.5, 0.6) is 0 Å². The minimum atomic E-state index is -0.695. The first-order valence-corrected chi connectivity index (χ1v) is 11.4. The van der Waals surface area contributed by atoms with Gasteiger partial charge in [0, 0.05) is 12.5 Å². The monoisotopic (exact) mass is 436 g/mol. The Balaban J connectivity index is 1.68. The molecule has 1 heterocycles. The van der Waals surface area contributed by atoms with Gasteiger partial charge in [-0.1, -0.05) is 80.4 Å². The summed E-state index contributed by atoms with van der Waals surface area (Å²) in [4.78, 5) is 43.5. The van der Waals surface area contributed by atoms with Crippen LogP contribution < -0.4 is 5.32 Å². The second kappa shape index (κ2) is 12.2. The average molecular weight is 437 g/mol. The highest BCUT2D eigenvalue weighted by atomic mass is 16.7. The van der Waals surface area contributed by atoms with E-state index in [-0.39, 0.29) is 30.8 Å². The van der Waals surface area contributed by atoms with Crippen LogP contribution in [0.2, 0.25) is 0 Å². The molecule has 0 saturated carbocycles. The zero-order valence-electron chi connectivity index (χ0n) is 18.6. The van der Waals surface area contributed by atoms with Crippen LogP contribution >= 0.6 is 0 Å². The number of amides is 2. The van der Waals surface area contributed by atoms with E-state index in [2.05, 4.69) is 12.2 Å². The van der Waals surface area contributed by atoms with Gasteiger partial charge in [0.25, 0.3) is 0 Å². The smallest absolute Gasteiger partial charge is 0.233 e. The van der Waals surface area contributed by atoms with Gasteiger partial charge in [0.1, 0.15) is 12.5 Å². The summed E-state index contributed by atoms with van der Waals surface area (Å²) in [7, 11) is 0. The van der Waals surface area contributed by atoms with E-state index in [0.717, 1.165) is 24.0 Å². The molecule has 2 amide bonds. The van der Waals surface area contributed by atoms with Gasteiger partial charge < -0.3 is 5.32 Å². The SMILES string of the molecule is CCCCC(CN(C=O)OCc1ccccc1)C(=O)C1C(=O)NCC1Cc1ccccc1. The molecule has 2 aromatic rings. The molecule has 3 atom stereocenters. The highest BCUT2D eigenvalue weighted by molar-refractivity contribution is 6.04. The summed E-state index contributed by atoms with van der Waals surface area (Å²) in [6.45, 7) is 2.95. The van der Waals surface area contributed by atoms with E-state index in [1.54, 1.807) is 0 Å². The Kier molecular flexibility index (Phi) is 8.99. The van der Waals surface area contributed by atoms with Crippen molar-refractivity contribution in [1.82, 2.24) is 10.4 Å². The highest BCUT2D eigenvalue weighted by Gasteiger charge is 2.42. The molecule has 6 nitrogen and oxygen atoms in total. The van der Waals surface area contributed by atoms with Crippen molar-refractivity contribution in [3.05, 3.63) is 71.8 Å². The quantitative estimate of drug-likeness (QED) is 0.296. The number of Topliss-reactive ketones (excluding diaryl/α,β-unsaturated/α-hetero) is 1. The Morgan fingerprint density at radius 3 is 2.41 bits per heavy atom. The number of ketones is 1.